The molecule has 2 fully saturated rings. The predicted molar refractivity (Wildman–Crippen MR) is 57.6 cm³/mol. The molecule has 72 valence electrons. The second-order valence-electron chi connectivity index (χ2n) is 4.55. The van der Waals surface area contributed by atoms with Gasteiger partial charge in [0.25, 0.3) is 0 Å². The number of hydrogen-bond donors (Lipinski definition) is 0. The van der Waals surface area contributed by atoms with E-state index >= 15 is 0 Å². The highest BCUT2D eigenvalue weighted by atomic mass is 14.2. The summed E-state index contributed by atoms with van der Waals surface area (Å²) >= 11 is 0. The van der Waals surface area contributed by atoms with E-state index < -0.39 is 0 Å². The summed E-state index contributed by atoms with van der Waals surface area (Å²) < 4.78 is 0. The van der Waals surface area contributed by atoms with Gasteiger partial charge in [-0.15, -0.1) is 0 Å². The molecular weight excluding hydrogens is 156 g/mol. The molecule has 0 spiro atoms. The highest BCUT2D eigenvalue weighted by Crippen LogP contribution is 2.33. The van der Waals surface area contributed by atoms with Gasteiger partial charge in [0, 0.05) is 0 Å². The van der Waals surface area contributed by atoms with Crippen LogP contribution in [0.2, 0.25) is 0 Å². The smallest absolute Gasteiger partial charge is 0.0228 e. The van der Waals surface area contributed by atoms with Crippen molar-refractivity contribution in [1.29, 1.82) is 0 Å². The second-order valence-corrected chi connectivity index (χ2v) is 4.55. The van der Waals surface area contributed by atoms with Crippen molar-refractivity contribution in [3.05, 3.63) is 23.8 Å². The van der Waals surface area contributed by atoms with Gasteiger partial charge in [-0.2, -0.15) is 0 Å². The molecule has 0 atom stereocenters. The van der Waals surface area contributed by atoms with Gasteiger partial charge in [-0.05, 0) is 43.6 Å². The van der Waals surface area contributed by atoms with Gasteiger partial charge in [0.2, 0.25) is 0 Å². The Bertz CT molecular complexity index is 216. The molecule has 0 amide bonds. The first-order chi connectivity index (χ1) is 6.36. The molecule has 0 heteroatoms. The van der Waals surface area contributed by atoms with Crippen molar-refractivity contribution in [2.45, 2.75) is 51.4 Å². The van der Waals surface area contributed by atoms with Crippen LogP contribution in [0.1, 0.15) is 51.4 Å². The molecule has 0 aromatic heterocycles. The van der Waals surface area contributed by atoms with Crippen molar-refractivity contribution in [2.24, 2.45) is 5.92 Å². The first-order valence-corrected chi connectivity index (χ1v) is 5.75. The molecule has 0 aromatic carbocycles. The van der Waals surface area contributed by atoms with E-state index in [-0.39, 0.29) is 0 Å². The minimum Gasteiger partial charge on any atom is -0.0956 e. The Labute approximate surface area is 81.7 Å². The van der Waals surface area contributed by atoms with Gasteiger partial charge >= 0.3 is 0 Å². The van der Waals surface area contributed by atoms with Crippen LogP contribution in [0.15, 0.2) is 23.8 Å². The number of allylic oxidation sites excluding steroid dienone is 3. The van der Waals surface area contributed by atoms with Crippen molar-refractivity contribution >= 4 is 0 Å². The van der Waals surface area contributed by atoms with E-state index in [1.165, 1.54) is 56.9 Å². The van der Waals surface area contributed by atoms with Crippen molar-refractivity contribution in [1.82, 2.24) is 0 Å². The Morgan fingerprint density at radius 2 is 1.77 bits per heavy atom. The summed E-state index contributed by atoms with van der Waals surface area (Å²) in [4.78, 5) is 0. The lowest BCUT2D eigenvalue weighted by Gasteiger charge is -2.19. The summed E-state index contributed by atoms with van der Waals surface area (Å²) in [6.45, 7) is 4.13. The standard InChI is InChI=1S/C13H20/c1-11-6-5-9-13(11)10-12-7-3-2-4-8-12/h10,12H,1-9H2. The molecule has 0 aromatic rings. The number of hydrogen-bond acceptors (Lipinski definition) is 0. The van der Waals surface area contributed by atoms with Crippen LogP contribution >= 0.6 is 0 Å². The van der Waals surface area contributed by atoms with Crippen LogP contribution in [0, 0.1) is 5.92 Å². The topological polar surface area (TPSA) is 0 Å². The van der Waals surface area contributed by atoms with Gasteiger partial charge in [-0.25, -0.2) is 0 Å². The Kier molecular flexibility index (Phi) is 2.87. The molecule has 0 heterocycles. The summed E-state index contributed by atoms with van der Waals surface area (Å²) in [5.41, 5.74) is 3.01. The summed E-state index contributed by atoms with van der Waals surface area (Å²) in [6, 6.07) is 0. The molecule has 2 saturated carbocycles. The molecule has 0 bridgehead atoms. The predicted octanol–water partition coefficient (Wildman–Crippen LogP) is 4.23. The zero-order valence-corrected chi connectivity index (χ0v) is 8.52. The Morgan fingerprint density at radius 1 is 1.00 bits per heavy atom. The average molecular weight is 176 g/mol. The summed E-state index contributed by atoms with van der Waals surface area (Å²) in [5.74, 6) is 0.888. The Hall–Kier alpha value is -0.520. The third-order valence-corrected chi connectivity index (χ3v) is 3.47. The van der Waals surface area contributed by atoms with Gasteiger partial charge in [-0.3, -0.25) is 0 Å². The molecule has 2 aliphatic rings. The van der Waals surface area contributed by atoms with E-state index in [2.05, 4.69) is 12.7 Å². The fourth-order valence-corrected chi connectivity index (χ4v) is 2.62. The van der Waals surface area contributed by atoms with Gasteiger partial charge in [0.15, 0.2) is 0 Å². The lowest BCUT2D eigenvalue weighted by molar-refractivity contribution is 0.418. The molecule has 2 rings (SSSR count). The van der Waals surface area contributed by atoms with Crippen LogP contribution in [-0.4, -0.2) is 0 Å². The molecule has 13 heavy (non-hydrogen) atoms. The van der Waals surface area contributed by atoms with Crippen molar-refractivity contribution in [2.75, 3.05) is 0 Å². The van der Waals surface area contributed by atoms with E-state index in [1.54, 1.807) is 5.57 Å². The van der Waals surface area contributed by atoms with Gasteiger partial charge in [-0.1, -0.05) is 37.5 Å². The minimum atomic E-state index is 0.888. The van der Waals surface area contributed by atoms with Crippen LogP contribution in [0.3, 0.4) is 0 Å². The maximum atomic E-state index is 4.13. The summed E-state index contributed by atoms with van der Waals surface area (Å²) in [6.07, 6.45) is 13.6. The van der Waals surface area contributed by atoms with E-state index in [0.717, 1.165) is 5.92 Å². The third-order valence-electron chi connectivity index (χ3n) is 3.47. The summed E-state index contributed by atoms with van der Waals surface area (Å²) in [5, 5.41) is 0. The summed E-state index contributed by atoms with van der Waals surface area (Å²) in [7, 11) is 0. The Morgan fingerprint density at radius 3 is 2.38 bits per heavy atom. The first kappa shape index (κ1) is 9.05. The van der Waals surface area contributed by atoms with E-state index in [0.29, 0.717) is 0 Å². The molecule has 2 aliphatic carbocycles. The van der Waals surface area contributed by atoms with Gasteiger partial charge in [0.05, 0.1) is 0 Å². The molecule has 0 radical (unpaired) electrons. The molecule has 0 unspecified atom stereocenters. The SMILES string of the molecule is C=C1CCCC1=CC1CCCCC1. The van der Waals surface area contributed by atoms with E-state index in [9.17, 15) is 0 Å². The van der Waals surface area contributed by atoms with Crippen LogP contribution in [0.4, 0.5) is 0 Å². The first-order valence-electron chi connectivity index (χ1n) is 5.75. The lowest BCUT2D eigenvalue weighted by atomic mass is 9.87. The molecular formula is C13H20. The van der Waals surface area contributed by atoms with Crippen LogP contribution in [0.5, 0.6) is 0 Å². The molecule has 0 aliphatic heterocycles. The highest BCUT2D eigenvalue weighted by Gasteiger charge is 2.15. The Balaban J connectivity index is 1.96. The second kappa shape index (κ2) is 4.13. The van der Waals surface area contributed by atoms with Crippen LogP contribution < -0.4 is 0 Å². The quantitative estimate of drug-likeness (QED) is 0.560. The molecule has 0 saturated heterocycles. The number of rotatable bonds is 1. The van der Waals surface area contributed by atoms with Gasteiger partial charge in [0.1, 0.15) is 0 Å². The fourth-order valence-electron chi connectivity index (χ4n) is 2.62. The lowest BCUT2D eigenvalue weighted by Crippen LogP contribution is -2.03. The zero-order chi connectivity index (χ0) is 9.10. The maximum Gasteiger partial charge on any atom is -0.0228 e. The largest absolute Gasteiger partial charge is 0.0956 e. The molecule has 0 N–H and O–H groups in total. The van der Waals surface area contributed by atoms with E-state index in [4.69, 9.17) is 0 Å². The molecule has 0 nitrogen and oxygen atoms in total. The van der Waals surface area contributed by atoms with Crippen molar-refractivity contribution in [3.63, 3.8) is 0 Å². The maximum absolute atomic E-state index is 4.13. The third kappa shape index (κ3) is 2.24. The zero-order valence-electron chi connectivity index (χ0n) is 8.52. The highest BCUT2D eigenvalue weighted by molar-refractivity contribution is 5.32. The van der Waals surface area contributed by atoms with Gasteiger partial charge < -0.3 is 0 Å². The monoisotopic (exact) mass is 176 g/mol. The van der Waals surface area contributed by atoms with E-state index in [1.807, 2.05) is 0 Å². The normalized spacial score (nSPS) is 28.6. The fraction of sp³-hybridized carbons (Fsp3) is 0.692. The minimum absolute atomic E-state index is 0.888. The average Bonchev–Trinajstić information content (AvgIpc) is 2.54. The van der Waals surface area contributed by atoms with Crippen LogP contribution in [0.25, 0.3) is 0 Å². The van der Waals surface area contributed by atoms with Crippen molar-refractivity contribution in [3.8, 4) is 0 Å². The van der Waals surface area contributed by atoms with Crippen LogP contribution in [-0.2, 0) is 0 Å². The van der Waals surface area contributed by atoms with Crippen molar-refractivity contribution < 1.29 is 0 Å².